The van der Waals surface area contributed by atoms with Crippen LogP contribution >= 0.6 is 0 Å². The Morgan fingerprint density at radius 3 is 3.00 bits per heavy atom. The highest BCUT2D eigenvalue weighted by Gasteiger charge is 2.33. The molecule has 78 valence electrons. The van der Waals surface area contributed by atoms with Crippen molar-refractivity contribution in [2.45, 2.75) is 38.8 Å². The van der Waals surface area contributed by atoms with E-state index in [4.69, 9.17) is 0 Å². The molecular weight excluding hydrogens is 174 g/mol. The molecule has 14 heavy (non-hydrogen) atoms. The Bertz CT molecular complexity index is 288. The van der Waals surface area contributed by atoms with E-state index >= 15 is 0 Å². The molecule has 1 aliphatic rings. The zero-order chi connectivity index (χ0) is 9.97. The van der Waals surface area contributed by atoms with Gasteiger partial charge < -0.3 is 9.88 Å². The third kappa shape index (κ3) is 1.82. The summed E-state index contributed by atoms with van der Waals surface area (Å²) in [4.78, 5) is 4.47. The molecule has 3 heteroatoms. The zero-order valence-electron chi connectivity index (χ0n) is 9.03. The molecule has 1 saturated carbocycles. The number of aryl methyl sites for hydroxylation is 1. The molecule has 0 saturated heterocycles. The van der Waals surface area contributed by atoms with Crippen molar-refractivity contribution in [3.8, 4) is 0 Å². The largest absolute Gasteiger partial charge is 0.334 e. The Labute approximate surface area is 85.5 Å². The van der Waals surface area contributed by atoms with Crippen LogP contribution in [-0.2, 0) is 6.54 Å². The number of hydrogen-bond acceptors (Lipinski definition) is 2. The lowest BCUT2D eigenvalue weighted by Crippen LogP contribution is -2.22. The second-order valence-corrected chi connectivity index (χ2v) is 4.08. The number of hydrogen-bond donors (Lipinski definition) is 1. The van der Waals surface area contributed by atoms with Gasteiger partial charge in [-0.2, -0.15) is 0 Å². The fraction of sp³-hybridized carbons (Fsp3) is 0.727. The molecule has 1 aromatic heterocycles. The van der Waals surface area contributed by atoms with Gasteiger partial charge in [0.1, 0.15) is 5.82 Å². The monoisotopic (exact) mass is 193 g/mol. The highest BCUT2D eigenvalue weighted by molar-refractivity contribution is 5.04. The summed E-state index contributed by atoms with van der Waals surface area (Å²) in [5.41, 5.74) is 0. The minimum Gasteiger partial charge on any atom is -0.334 e. The molecule has 1 aliphatic carbocycles. The van der Waals surface area contributed by atoms with Crippen LogP contribution in [0, 0.1) is 5.92 Å². The van der Waals surface area contributed by atoms with E-state index in [0.29, 0.717) is 6.04 Å². The van der Waals surface area contributed by atoms with Gasteiger partial charge in [0.05, 0.1) is 6.04 Å². The summed E-state index contributed by atoms with van der Waals surface area (Å²) in [7, 11) is 2.04. The van der Waals surface area contributed by atoms with E-state index in [0.717, 1.165) is 12.5 Å². The van der Waals surface area contributed by atoms with E-state index in [2.05, 4.69) is 28.0 Å². The molecule has 0 bridgehead atoms. The minimum atomic E-state index is 0.469. The van der Waals surface area contributed by atoms with Gasteiger partial charge in [0.25, 0.3) is 0 Å². The maximum atomic E-state index is 4.47. The average Bonchev–Trinajstić information content (AvgIpc) is 2.91. The normalized spacial score (nSPS) is 18.4. The molecule has 1 N–H and O–H groups in total. The summed E-state index contributed by atoms with van der Waals surface area (Å²) in [5, 5.41) is 3.38. The molecule has 0 aromatic carbocycles. The van der Waals surface area contributed by atoms with Gasteiger partial charge in [0.15, 0.2) is 0 Å². The first-order chi connectivity index (χ1) is 6.86. The molecule has 1 atom stereocenters. The SMILES string of the molecule is CCCn1ccnc1C(NC)C1CC1. The Balaban J connectivity index is 2.15. The van der Waals surface area contributed by atoms with Gasteiger partial charge in [-0.1, -0.05) is 6.92 Å². The third-order valence-electron chi connectivity index (χ3n) is 2.89. The Hall–Kier alpha value is -0.830. The van der Waals surface area contributed by atoms with E-state index in [-0.39, 0.29) is 0 Å². The van der Waals surface area contributed by atoms with E-state index in [1.807, 2.05) is 13.2 Å². The van der Waals surface area contributed by atoms with Crippen molar-refractivity contribution in [2.75, 3.05) is 7.05 Å². The first-order valence-corrected chi connectivity index (χ1v) is 5.55. The summed E-state index contributed by atoms with van der Waals surface area (Å²) in [6.45, 7) is 3.29. The first kappa shape index (κ1) is 9.71. The molecule has 0 aliphatic heterocycles. The van der Waals surface area contributed by atoms with Gasteiger partial charge in [-0.25, -0.2) is 4.98 Å². The van der Waals surface area contributed by atoms with Crippen LogP contribution in [0.3, 0.4) is 0 Å². The topological polar surface area (TPSA) is 29.9 Å². The van der Waals surface area contributed by atoms with Gasteiger partial charge in [0, 0.05) is 18.9 Å². The number of nitrogens with zero attached hydrogens (tertiary/aromatic N) is 2. The summed E-state index contributed by atoms with van der Waals surface area (Å²) < 4.78 is 2.28. The van der Waals surface area contributed by atoms with E-state index < -0.39 is 0 Å². The number of nitrogens with one attached hydrogen (secondary N) is 1. The second kappa shape index (κ2) is 4.13. The highest BCUT2D eigenvalue weighted by atomic mass is 15.1. The molecule has 0 spiro atoms. The lowest BCUT2D eigenvalue weighted by atomic mass is 10.2. The highest BCUT2D eigenvalue weighted by Crippen LogP contribution is 2.40. The Kier molecular flexibility index (Phi) is 2.87. The maximum absolute atomic E-state index is 4.47. The second-order valence-electron chi connectivity index (χ2n) is 4.08. The van der Waals surface area contributed by atoms with Crippen molar-refractivity contribution in [1.29, 1.82) is 0 Å². The quantitative estimate of drug-likeness (QED) is 0.774. The van der Waals surface area contributed by atoms with Crippen LogP contribution in [0.1, 0.15) is 38.1 Å². The molecular formula is C11H19N3. The van der Waals surface area contributed by atoms with Gasteiger partial charge in [-0.3, -0.25) is 0 Å². The van der Waals surface area contributed by atoms with Crippen LogP contribution in [0.2, 0.25) is 0 Å². The van der Waals surface area contributed by atoms with Crippen molar-refractivity contribution in [3.05, 3.63) is 18.2 Å². The summed E-state index contributed by atoms with van der Waals surface area (Å²) >= 11 is 0. The smallest absolute Gasteiger partial charge is 0.126 e. The van der Waals surface area contributed by atoms with Gasteiger partial charge >= 0.3 is 0 Å². The predicted molar refractivity (Wildman–Crippen MR) is 57.0 cm³/mol. The Morgan fingerprint density at radius 2 is 2.43 bits per heavy atom. The fourth-order valence-electron chi connectivity index (χ4n) is 2.03. The number of aromatic nitrogens is 2. The first-order valence-electron chi connectivity index (χ1n) is 5.55. The molecule has 1 aromatic rings. The van der Waals surface area contributed by atoms with Crippen molar-refractivity contribution in [3.63, 3.8) is 0 Å². The van der Waals surface area contributed by atoms with Crippen LogP contribution in [0.15, 0.2) is 12.4 Å². The molecule has 1 fully saturated rings. The third-order valence-corrected chi connectivity index (χ3v) is 2.89. The van der Waals surface area contributed by atoms with Crippen molar-refractivity contribution >= 4 is 0 Å². The molecule has 0 radical (unpaired) electrons. The average molecular weight is 193 g/mol. The maximum Gasteiger partial charge on any atom is 0.126 e. The summed E-state index contributed by atoms with van der Waals surface area (Å²) in [6, 6.07) is 0.469. The molecule has 0 amide bonds. The zero-order valence-corrected chi connectivity index (χ0v) is 9.03. The standard InChI is InChI=1S/C11H19N3/c1-3-7-14-8-6-13-11(14)10(12-2)9-4-5-9/h6,8-10,12H,3-5,7H2,1-2H3. The van der Waals surface area contributed by atoms with Crippen molar-refractivity contribution in [2.24, 2.45) is 5.92 Å². The van der Waals surface area contributed by atoms with E-state index in [9.17, 15) is 0 Å². The summed E-state index contributed by atoms with van der Waals surface area (Å²) in [6.07, 6.45) is 7.88. The predicted octanol–water partition coefficient (Wildman–Crippen LogP) is 1.96. The van der Waals surface area contributed by atoms with Gasteiger partial charge in [-0.15, -0.1) is 0 Å². The van der Waals surface area contributed by atoms with Crippen LogP contribution in [0.5, 0.6) is 0 Å². The van der Waals surface area contributed by atoms with E-state index in [1.165, 1.54) is 25.1 Å². The van der Waals surface area contributed by atoms with Crippen molar-refractivity contribution < 1.29 is 0 Å². The van der Waals surface area contributed by atoms with E-state index in [1.54, 1.807) is 0 Å². The van der Waals surface area contributed by atoms with Crippen LogP contribution < -0.4 is 5.32 Å². The number of imidazole rings is 1. The van der Waals surface area contributed by atoms with Gasteiger partial charge in [-0.05, 0) is 32.2 Å². The fourth-order valence-corrected chi connectivity index (χ4v) is 2.03. The lowest BCUT2D eigenvalue weighted by molar-refractivity contribution is 0.469. The van der Waals surface area contributed by atoms with Crippen molar-refractivity contribution in [1.82, 2.24) is 14.9 Å². The number of rotatable bonds is 5. The minimum absolute atomic E-state index is 0.469. The molecule has 1 heterocycles. The summed E-state index contributed by atoms with van der Waals surface area (Å²) in [5.74, 6) is 2.04. The van der Waals surface area contributed by atoms with Crippen LogP contribution in [0.4, 0.5) is 0 Å². The molecule has 2 rings (SSSR count). The molecule has 1 unspecified atom stereocenters. The van der Waals surface area contributed by atoms with Gasteiger partial charge in [0.2, 0.25) is 0 Å². The Morgan fingerprint density at radius 1 is 1.64 bits per heavy atom. The molecule has 3 nitrogen and oxygen atoms in total. The van der Waals surface area contributed by atoms with Crippen LogP contribution in [-0.4, -0.2) is 16.6 Å². The lowest BCUT2D eigenvalue weighted by Gasteiger charge is -2.16. The van der Waals surface area contributed by atoms with Crippen LogP contribution in [0.25, 0.3) is 0 Å².